The summed E-state index contributed by atoms with van der Waals surface area (Å²) in [6.45, 7) is 6.46. The van der Waals surface area contributed by atoms with Gasteiger partial charge in [-0.3, -0.25) is 0 Å². The van der Waals surface area contributed by atoms with E-state index < -0.39 is 6.17 Å². The third kappa shape index (κ3) is 10.3. The number of aromatic nitrogens is 2. The van der Waals surface area contributed by atoms with Crippen LogP contribution in [-0.4, -0.2) is 22.7 Å². The maximum absolute atomic E-state index is 13.9. The van der Waals surface area contributed by atoms with Crippen molar-refractivity contribution in [3.8, 4) is 17.1 Å². The van der Waals surface area contributed by atoms with Crippen LogP contribution in [0.25, 0.3) is 11.4 Å². The molecule has 0 aliphatic rings. The lowest BCUT2D eigenvalue weighted by Crippen LogP contribution is -2.16. The Morgan fingerprint density at radius 1 is 0.871 bits per heavy atom. The van der Waals surface area contributed by atoms with Gasteiger partial charge in [0.05, 0.1) is 12.4 Å². The summed E-state index contributed by atoms with van der Waals surface area (Å²) in [5.41, 5.74) is 2.36. The van der Waals surface area contributed by atoms with Gasteiger partial charge in [-0.1, -0.05) is 96.4 Å². The Morgan fingerprint density at radius 2 is 1.48 bits per heavy atom. The molecule has 0 radical (unpaired) electrons. The molecular weight excluding hydrogens is 387 g/mol. The Balaban J connectivity index is 1.71. The minimum absolute atomic E-state index is 0.0560. The zero-order valence-corrected chi connectivity index (χ0v) is 19.8. The summed E-state index contributed by atoms with van der Waals surface area (Å²) >= 11 is 0. The highest BCUT2D eigenvalue weighted by Gasteiger charge is 2.12. The van der Waals surface area contributed by atoms with Crippen LogP contribution in [0.4, 0.5) is 4.39 Å². The van der Waals surface area contributed by atoms with Crippen LogP contribution in [0.3, 0.4) is 0 Å². The van der Waals surface area contributed by atoms with Gasteiger partial charge in [-0.25, -0.2) is 14.4 Å². The minimum atomic E-state index is -0.955. The molecule has 31 heavy (non-hydrogen) atoms. The molecule has 2 atom stereocenters. The van der Waals surface area contributed by atoms with E-state index in [1.165, 1.54) is 56.9 Å². The average molecular weight is 429 g/mol. The predicted molar refractivity (Wildman–Crippen MR) is 128 cm³/mol. The molecule has 1 aromatic carbocycles. The van der Waals surface area contributed by atoms with Crippen molar-refractivity contribution in [1.82, 2.24) is 9.97 Å². The van der Waals surface area contributed by atoms with E-state index in [1.54, 1.807) is 12.4 Å². The number of hydrogen-bond acceptors (Lipinski definition) is 3. The van der Waals surface area contributed by atoms with Crippen LogP contribution >= 0.6 is 0 Å². The highest BCUT2D eigenvalue weighted by Crippen LogP contribution is 2.20. The van der Waals surface area contributed by atoms with Gasteiger partial charge in [0.2, 0.25) is 0 Å². The normalized spacial score (nSPS) is 13.2. The number of hydrogen-bond donors (Lipinski definition) is 0. The number of ether oxygens (including phenoxy) is 1. The van der Waals surface area contributed by atoms with Crippen molar-refractivity contribution in [1.29, 1.82) is 0 Å². The van der Waals surface area contributed by atoms with Crippen LogP contribution < -0.4 is 4.74 Å². The lowest BCUT2D eigenvalue weighted by Gasteiger charge is -2.13. The quantitative estimate of drug-likeness (QED) is 0.254. The van der Waals surface area contributed by atoms with E-state index >= 15 is 0 Å². The predicted octanol–water partition coefficient (Wildman–Crippen LogP) is 7.98. The van der Waals surface area contributed by atoms with Crippen molar-refractivity contribution in [2.45, 2.75) is 97.6 Å². The van der Waals surface area contributed by atoms with E-state index in [1.807, 2.05) is 0 Å². The summed E-state index contributed by atoms with van der Waals surface area (Å²) in [5, 5.41) is 0. The monoisotopic (exact) mass is 428 g/mol. The fourth-order valence-electron chi connectivity index (χ4n) is 3.68. The maximum atomic E-state index is 13.9. The molecule has 2 rings (SSSR count). The lowest BCUT2D eigenvalue weighted by molar-refractivity contribution is 0.169. The summed E-state index contributed by atoms with van der Waals surface area (Å²) in [7, 11) is 0. The van der Waals surface area contributed by atoms with Gasteiger partial charge >= 0.3 is 0 Å². The van der Waals surface area contributed by atoms with Gasteiger partial charge in [0.1, 0.15) is 12.8 Å². The summed E-state index contributed by atoms with van der Waals surface area (Å²) in [5.74, 6) is 1.56. The Morgan fingerprint density at radius 3 is 2.10 bits per heavy atom. The van der Waals surface area contributed by atoms with Crippen molar-refractivity contribution in [3.05, 3.63) is 42.2 Å². The second-order valence-corrected chi connectivity index (χ2v) is 8.82. The van der Waals surface area contributed by atoms with Crippen molar-refractivity contribution in [2.24, 2.45) is 5.92 Å². The number of unbranched alkanes of at least 4 members (excludes halogenated alkanes) is 7. The SMILES string of the molecule is CCCCCCCCCCc1ccc(-c2ncc(OCC(F)CC(C)CC)cn2)cc1. The van der Waals surface area contributed by atoms with Crippen LogP contribution in [0, 0.1) is 5.92 Å². The molecule has 0 saturated carbocycles. The molecule has 4 heteroatoms. The van der Waals surface area contributed by atoms with Crippen LogP contribution in [-0.2, 0) is 6.42 Å². The van der Waals surface area contributed by atoms with Crippen molar-refractivity contribution < 1.29 is 9.13 Å². The van der Waals surface area contributed by atoms with Gasteiger partial charge in [-0.15, -0.1) is 0 Å². The summed E-state index contributed by atoms with van der Waals surface area (Å²) in [4.78, 5) is 8.78. The third-order valence-corrected chi connectivity index (χ3v) is 5.95. The number of aryl methyl sites for hydroxylation is 1. The first-order valence-electron chi connectivity index (χ1n) is 12.3. The molecule has 1 aromatic heterocycles. The molecule has 2 unspecified atom stereocenters. The molecular formula is C27H41FN2O. The maximum Gasteiger partial charge on any atom is 0.159 e. The molecule has 0 amide bonds. The topological polar surface area (TPSA) is 35.0 Å². The highest BCUT2D eigenvalue weighted by atomic mass is 19.1. The highest BCUT2D eigenvalue weighted by molar-refractivity contribution is 5.55. The summed E-state index contributed by atoms with van der Waals surface area (Å²) < 4.78 is 19.5. The van der Waals surface area contributed by atoms with Crippen LogP contribution in [0.2, 0.25) is 0 Å². The van der Waals surface area contributed by atoms with E-state index in [0.29, 0.717) is 23.9 Å². The van der Waals surface area contributed by atoms with Crippen LogP contribution in [0.15, 0.2) is 36.7 Å². The van der Waals surface area contributed by atoms with E-state index in [-0.39, 0.29) is 6.61 Å². The molecule has 0 saturated heterocycles. The molecule has 1 heterocycles. The van der Waals surface area contributed by atoms with Gasteiger partial charge in [-0.05, 0) is 30.7 Å². The number of benzene rings is 1. The van der Waals surface area contributed by atoms with Gasteiger partial charge in [-0.2, -0.15) is 0 Å². The fourth-order valence-corrected chi connectivity index (χ4v) is 3.68. The van der Waals surface area contributed by atoms with Gasteiger partial charge in [0, 0.05) is 5.56 Å². The first kappa shape index (κ1) is 25.3. The Kier molecular flexibility index (Phi) is 12.2. The molecule has 0 bridgehead atoms. The molecule has 3 nitrogen and oxygen atoms in total. The second-order valence-electron chi connectivity index (χ2n) is 8.82. The van der Waals surface area contributed by atoms with E-state index in [2.05, 4.69) is 55.0 Å². The zero-order chi connectivity index (χ0) is 22.3. The van der Waals surface area contributed by atoms with E-state index in [9.17, 15) is 4.39 Å². The smallest absolute Gasteiger partial charge is 0.159 e. The largest absolute Gasteiger partial charge is 0.487 e. The molecule has 0 fully saturated rings. The first-order valence-corrected chi connectivity index (χ1v) is 12.3. The standard InChI is InChI=1S/C27H41FN2O/c1-4-6-7-8-9-10-11-12-13-23-14-16-24(17-15-23)27-29-19-26(20-30-27)31-21-25(28)18-22(3)5-2/h14-17,19-20,22,25H,4-13,18,21H2,1-3H3. The molecule has 0 aliphatic heterocycles. The van der Waals surface area contributed by atoms with Crippen molar-refractivity contribution in [2.75, 3.05) is 6.61 Å². The fraction of sp³-hybridized carbons (Fsp3) is 0.630. The Labute approximate surface area is 188 Å². The number of rotatable bonds is 16. The molecule has 172 valence electrons. The second kappa shape index (κ2) is 14.9. The third-order valence-electron chi connectivity index (χ3n) is 5.95. The molecule has 0 spiro atoms. The lowest BCUT2D eigenvalue weighted by atomic mass is 10.0. The van der Waals surface area contributed by atoms with Gasteiger partial charge in [0.25, 0.3) is 0 Å². The summed E-state index contributed by atoms with van der Waals surface area (Å²) in [6.07, 6.45) is 15.7. The first-order chi connectivity index (χ1) is 15.1. The Bertz CT molecular complexity index is 702. The molecule has 0 N–H and O–H groups in total. The number of alkyl halides is 1. The van der Waals surface area contributed by atoms with Crippen LogP contribution in [0.5, 0.6) is 5.75 Å². The number of halogens is 1. The van der Waals surface area contributed by atoms with E-state index in [4.69, 9.17) is 4.74 Å². The van der Waals surface area contributed by atoms with Gasteiger partial charge < -0.3 is 4.74 Å². The zero-order valence-electron chi connectivity index (χ0n) is 19.8. The average Bonchev–Trinajstić information content (AvgIpc) is 2.80. The minimum Gasteiger partial charge on any atom is -0.487 e. The van der Waals surface area contributed by atoms with Crippen molar-refractivity contribution >= 4 is 0 Å². The molecule has 2 aromatic rings. The van der Waals surface area contributed by atoms with Crippen LogP contribution in [0.1, 0.15) is 90.5 Å². The summed E-state index contributed by atoms with van der Waals surface area (Å²) in [6, 6.07) is 8.51. The Hall–Kier alpha value is -1.97. The van der Waals surface area contributed by atoms with Crippen molar-refractivity contribution in [3.63, 3.8) is 0 Å². The van der Waals surface area contributed by atoms with Gasteiger partial charge in [0.15, 0.2) is 11.6 Å². The van der Waals surface area contributed by atoms with E-state index in [0.717, 1.165) is 18.4 Å². The molecule has 0 aliphatic carbocycles. The number of nitrogens with zero attached hydrogens (tertiary/aromatic N) is 2.